The van der Waals surface area contributed by atoms with E-state index in [2.05, 4.69) is 15.2 Å². The Hall–Kier alpha value is -3.30. The minimum Gasteiger partial charge on any atom is -0.309 e. The lowest BCUT2D eigenvalue weighted by Crippen LogP contribution is -2.11. The molecule has 0 atom stereocenters. The van der Waals surface area contributed by atoms with Crippen molar-refractivity contribution in [3.8, 4) is 22.5 Å². The molecule has 33 heavy (non-hydrogen) atoms. The summed E-state index contributed by atoms with van der Waals surface area (Å²) in [6.07, 6.45) is 0. The summed E-state index contributed by atoms with van der Waals surface area (Å²) in [5, 5.41) is 9.79. The van der Waals surface area contributed by atoms with Crippen molar-refractivity contribution < 1.29 is 4.39 Å². The summed E-state index contributed by atoms with van der Waals surface area (Å²) >= 11 is 2.96. The highest BCUT2D eigenvalue weighted by molar-refractivity contribution is 7.98. The molecule has 0 spiro atoms. The van der Waals surface area contributed by atoms with Gasteiger partial charge in [0.25, 0.3) is 5.56 Å². The SMILES string of the molecule is Cc1ccc(-c2c(C)sc3nc(CSc4nnc(-c5ccc(F)cc5)n4C)[nH]c(=O)c23)cc1. The van der Waals surface area contributed by atoms with E-state index in [0.717, 1.165) is 26.4 Å². The molecule has 6 nitrogen and oxygen atoms in total. The molecule has 5 aromatic rings. The maximum atomic E-state index is 13.2. The monoisotopic (exact) mass is 477 g/mol. The molecule has 0 bridgehead atoms. The normalized spacial score (nSPS) is 11.4. The number of halogens is 1. The standard InChI is InChI=1S/C24H20FN5OS2/c1-13-4-6-15(7-5-13)19-14(2)33-23-20(19)22(31)26-18(27-23)12-32-24-29-28-21(30(24)3)16-8-10-17(25)11-9-16/h4-11H,12H2,1-3H3,(H,26,27,31). The minimum absolute atomic E-state index is 0.138. The molecule has 9 heteroatoms. The van der Waals surface area contributed by atoms with E-state index in [4.69, 9.17) is 4.98 Å². The smallest absolute Gasteiger partial charge is 0.260 e. The van der Waals surface area contributed by atoms with E-state index in [9.17, 15) is 9.18 Å². The summed E-state index contributed by atoms with van der Waals surface area (Å²) in [5.74, 6) is 1.37. The van der Waals surface area contributed by atoms with E-state index in [0.29, 0.717) is 27.9 Å². The number of rotatable bonds is 5. The van der Waals surface area contributed by atoms with Crippen molar-refractivity contribution in [3.05, 3.63) is 81.0 Å². The summed E-state index contributed by atoms with van der Waals surface area (Å²) in [5.41, 5.74) is 3.78. The van der Waals surface area contributed by atoms with E-state index in [1.165, 1.54) is 40.8 Å². The Labute approximate surface area is 197 Å². The van der Waals surface area contributed by atoms with Crippen LogP contribution >= 0.6 is 23.1 Å². The predicted molar refractivity (Wildman–Crippen MR) is 131 cm³/mol. The molecule has 0 fully saturated rings. The van der Waals surface area contributed by atoms with Crippen LogP contribution in [0.3, 0.4) is 0 Å². The first-order valence-electron chi connectivity index (χ1n) is 10.3. The molecular weight excluding hydrogens is 457 g/mol. The second-order valence-corrected chi connectivity index (χ2v) is 9.90. The van der Waals surface area contributed by atoms with E-state index >= 15 is 0 Å². The second-order valence-electron chi connectivity index (χ2n) is 7.75. The van der Waals surface area contributed by atoms with Gasteiger partial charge < -0.3 is 9.55 Å². The van der Waals surface area contributed by atoms with Gasteiger partial charge in [0.2, 0.25) is 0 Å². The second kappa shape index (κ2) is 8.57. The van der Waals surface area contributed by atoms with Crippen molar-refractivity contribution >= 4 is 33.3 Å². The van der Waals surface area contributed by atoms with E-state index in [1.807, 2.05) is 49.7 Å². The Morgan fingerprint density at radius 1 is 1.03 bits per heavy atom. The third-order valence-corrected chi connectivity index (χ3v) is 7.43. The number of thiophene rings is 1. The quantitative estimate of drug-likeness (QED) is 0.339. The first kappa shape index (κ1) is 21.5. The lowest BCUT2D eigenvalue weighted by atomic mass is 10.0. The number of thioether (sulfide) groups is 1. The number of aromatic nitrogens is 5. The van der Waals surface area contributed by atoms with Crippen LogP contribution < -0.4 is 5.56 Å². The summed E-state index contributed by atoms with van der Waals surface area (Å²) in [6, 6.07) is 14.3. The molecule has 0 aliphatic rings. The number of hydrogen-bond acceptors (Lipinski definition) is 6. The molecule has 1 N–H and O–H groups in total. The highest BCUT2D eigenvalue weighted by Crippen LogP contribution is 2.36. The van der Waals surface area contributed by atoms with Gasteiger partial charge in [-0.25, -0.2) is 9.37 Å². The van der Waals surface area contributed by atoms with Gasteiger partial charge in [0.05, 0.1) is 11.1 Å². The van der Waals surface area contributed by atoms with Crippen molar-refractivity contribution in [2.24, 2.45) is 7.05 Å². The number of aryl methyl sites for hydroxylation is 2. The Balaban J connectivity index is 1.42. The lowest BCUT2D eigenvalue weighted by Gasteiger charge is -2.05. The van der Waals surface area contributed by atoms with Gasteiger partial charge in [0.15, 0.2) is 11.0 Å². The van der Waals surface area contributed by atoms with Crippen LogP contribution in [0.15, 0.2) is 58.5 Å². The minimum atomic E-state index is -0.296. The largest absolute Gasteiger partial charge is 0.309 e. The van der Waals surface area contributed by atoms with Crippen LogP contribution in [0.5, 0.6) is 0 Å². The molecule has 0 saturated heterocycles. The average Bonchev–Trinajstić information content (AvgIpc) is 3.33. The molecule has 0 saturated carbocycles. The fourth-order valence-corrected chi connectivity index (χ4v) is 5.57. The van der Waals surface area contributed by atoms with Crippen LogP contribution in [0.25, 0.3) is 32.7 Å². The first-order chi connectivity index (χ1) is 15.9. The van der Waals surface area contributed by atoms with Crippen molar-refractivity contribution in [1.29, 1.82) is 0 Å². The van der Waals surface area contributed by atoms with E-state index in [1.54, 1.807) is 12.1 Å². The zero-order valence-electron chi connectivity index (χ0n) is 18.2. The average molecular weight is 478 g/mol. The number of nitrogens with zero attached hydrogens (tertiary/aromatic N) is 4. The number of fused-ring (bicyclic) bond motifs is 1. The zero-order valence-corrected chi connectivity index (χ0v) is 19.9. The molecule has 3 aromatic heterocycles. The van der Waals surface area contributed by atoms with Crippen LogP contribution in [-0.2, 0) is 12.8 Å². The van der Waals surface area contributed by atoms with Gasteiger partial charge in [0.1, 0.15) is 16.5 Å². The molecule has 2 aromatic carbocycles. The highest BCUT2D eigenvalue weighted by Gasteiger charge is 2.17. The highest BCUT2D eigenvalue weighted by atomic mass is 32.2. The van der Waals surface area contributed by atoms with Crippen molar-refractivity contribution in [1.82, 2.24) is 24.7 Å². The number of nitrogens with one attached hydrogen (secondary N) is 1. The summed E-state index contributed by atoms with van der Waals surface area (Å²) in [7, 11) is 1.86. The van der Waals surface area contributed by atoms with E-state index < -0.39 is 0 Å². The van der Waals surface area contributed by atoms with Gasteiger partial charge >= 0.3 is 0 Å². The third-order valence-electron chi connectivity index (χ3n) is 5.40. The molecule has 166 valence electrons. The van der Waals surface area contributed by atoms with Crippen LogP contribution in [0.2, 0.25) is 0 Å². The predicted octanol–water partition coefficient (Wildman–Crippen LogP) is 5.50. The van der Waals surface area contributed by atoms with Crippen molar-refractivity contribution in [2.75, 3.05) is 0 Å². The van der Waals surface area contributed by atoms with Crippen LogP contribution in [-0.4, -0.2) is 24.7 Å². The van der Waals surface area contributed by atoms with Gasteiger partial charge in [-0.1, -0.05) is 41.6 Å². The molecule has 5 rings (SSSR count). The summed E-state index contributed by atoms with van der Waals surface area (Å²) in [4.78, 5) is 22.5. The molecule has 3 heterocycles. The fraction of sp³-hybridized carbons (Fsp3) is 0.167. The number of H-pyrrole nitrogens is 1. The molecular formula is C24H20FN5OS2. The molecule has 0 unspecified atom stereocenters. The van der Waals surface area contributed by atoms with Gasteiger partial charge in [-0.3, -0.25) is 4.79 Å². The Bertz CT molecular complexity index is 1520. The number of aromatic amines is 1. The molecule has 0 aliphatic heterocycles. The number of benzene rings is 2. The topological polar surface area (TPSA) is 76.5 Å². The fourth-order valence-electron chi connectivity index (χ4n) is 3.72. The molecule has 0 aliphatic carbocycles. The maximum absolute atomic E-state index is 13.2. The molecule has 0 radical (unpaired) electrons. The van der Waals surface area contributed by atoms with E-state index in [-0.39, 0.29) is 11.4 Å². The Morgan fingerprint density at radius 3 is 2.45 bits per heavy atom. The van der Waals surface area contributed by atoms with Crippen molar-refractivity contribution in [3.63, 3.8) is 0 Å². The van der Waals surface area contributed by atoms with Gasteiger partial charge in [-0.2, -0.15) is 0 Å². The Kier molecular flexibility index (Phi) is 5.59. The van der Waals surface area contributed by atoms with Crippen molar-refractivity contribution in [2.45, 2.75) is 24.8 Å². The number of hydrogen-bond donors (Lipinski definition) is 1. The zero-order chi connectivity index (χ0) is 23.1. The Morgan fingerprint density at radius 2 is 1.73 bits per heavy atom. The summed E-state index contributed by atoms with van der Waals surface area (Å²) in [6.45, 7) is 4.06. The van der Waals surface area contributed by atoms with Crippen LogP contribution in [0.1, 0.15) is 16.3 Å². The first-order valence-corrected chi connectivity index (χ1v) is 12.1. The lowest BCUT2D eigenvalue weighted by molar-refractivity contribution is 0.628. The maximum Gasteiger partial charge on any atom is 0.260 e. The van der Waals surface area contributed by atoms with Gasteiger partial charge in [-0.05, 0) is 43.7 Å². The summed E-state index contributed by atoms with van der Waals surface area (Å²) < 4.78 is 15.1. The van der Waals surface area contributed by atoms with Crippen LogP contribution in [0, 0.1) is 19.7 Å². The third kappa shape index (κ3) is 4.09. The van der Waals surface area contributed by atoms with Crippen LogP contribution in [0.4, 0.5) is 4.39 Å². The van der Waals surface area contributed by atoms with Gasteiger partial charge in [-0.15, -0.1) is 21.5 Å². The molecule has 0 amide bonds. The van der Waals surface area contributed by atoms with Gasteiger partial charge in [0, 0.05) is 23.1 Å².